The maximum Gasteiger partial charge on any atom is 0.411 e. The van der Waals surface area contributed by atoms with E-state index in [1.54, 1.807) is 7.11 Å². The average molecular weight is 388 g/mol. The van der Waals surface area contributed by atoms with E-state index in [4.69, 9.17) is 9.47 Å². The predicted octanol–water partition coefficient (Wildman–Crippen LogP) is 5.01. The van der Waals surface area contributed by atoms with Crippen LogP contribution in [-0.4, -0.2) is 19.7 Å². The first-order chi connectivity index (χ1) is 14.2. The molecule has 0 saturated carbocycles. The van der Waals surface area contributed by atoms with E-state index in [0.29, 0.717) is 0 Å². The highest BCUT2D eigenvalue weighted by atomic mass is 16.5. The second-order valence-corrected chi connectivity index (χ2v) is 7.05. The van der Waals surface area contributed by atoms with Crippen LogP contribution in [0, 0.1) is 0 Å². The normalized spacial score (nSPS) is 12.4. The number of hydrogen-bond acceptors (Lipinski definition) is 4. The fourth-order valence-electron chi connectivity index (χ4n) is 3.54. The van der Waals surface area contributed by atoms with Crippen LogP contribution in [0.1, 0.15) is 16.7 Å². The largest absolute Gasteiger partial charge is 0.497 e. The number of amides is 1. The van der Waals surface area contributed by atoms with E-state index in [1.165, 1.54) is 16.8 Å². The molecule has 0 saturated heterocycles. The van der Waals surface area contributed by atoms with Crippen molar-refractivity contribution in [3.63, 3.8) is 0 Å². The molecule has 4 rings (SSSR count). The minimum atomic E-state index is -0.458. The number of nitrogens with zero attached hydrogens (tertiary/aromatic N) is 1. The van der Waals surface area contributed by atoms with Gasteiger partial charge in [-0.3, -0.25) is 5.32 Å². The Morgan fingerprint density at radius 3 is 2.55 bits per heavy atom. The fourth-order valence-corrected chi connectivity index (χ4v) is 3.54. The second-order valence-electron chi connectivity index (χ2n) is 7.05. The molecule has 148 valence electrons. The maximum absolute atomic E-state index is 12.1. The van der Waals surface area contributed by atoms with E-state index in [0.717, 1.165) is 36.5 Å². The summed E-state index contributed by atoms with van der Waals surface area (Å²) >= 11 is 0. The Bertz CT molecular complexity index is 971. The number of fused-ring (bicyclic) bond motifs is 1. The predicted molar refractivity (Wildman–Crippen MR) is 114 cm³/mol. The maximum atomic E-state index is 12.1. The van der Waals surface area contributed by atoms with Crippen LogP contribution in [0.3, 0.4) is 0 Å². The van der Waals surface area contributed by atoms with E-state index in [9.17, 15) is 4.79 Å². The molecule has 29 heavy (non-hydrogen) atoms. The van der Waals surface area contributed by atoms with E-state index in [1.807, 2.05) is 42.5 Å². The van der Waals surface area contributed by atoms with Crippen molar-refractivity contribution in [3.05, 3.63) is 89.5 Å². The van der Waals surface area contributed by atoms with Crippen LogP contribution < -0.4 is 15.0 Å². The zero-order valence-corrected chi connectivity index (χ0v) is 16.4. The van der Waals surface area contributed by atoms with Gasteiger partial charge in [0.25, 0.3) is 0 Å². The van der Waals surface area contributed by atoms with Gasteiger partial charge in [0.05, 0.1) is 7.11 Å². The lowest BCUT2D eigenvalue weighted by atomic mass is 10.1. The first-order valence-corrected chi connectivity index (χ1v) is 9.70. The summed E-state index contributed by atoms with van der Waals surface area (Å²) in [5, 5.41) is 2.82. The highest BCUT2D eigenvalue weighted by Gasteiger charge is 2.19. The Kier molecular flexibility index (Phi) is 5.66. The molecule has 3 aromatic carbocycles. The highest BCUT2D eigenvalue weighted by molar-refractivity contribution is 5.85. The molecule has 0 atom stereocenters. The van der Waals surface area contributed by atoms with Crippen LogP contribution in [0.5, 0.6) is 5.75 Å². The smallest absolute Gasteiger partial charge is 0.411 e. The third-order valence-electron chi connectivity index (χ3n) is 5.06. The van der Waals surface area contributed by atoms with Crippen molar-refractivity contribution in [2.24, 2.45) is 0 Å². The van der Waals surface area contributed by atoms with Crippen LogP contribution in [0.4, 0.5) is 16.2 Å². The zero-order valence-electron chi connectivity index (χ0n) is 16.4. The first-order valence-electron chi connectivity index (χ1n) is 9.70. The summed E-state index contributed by atoms with van der Waals surface area (Å²) in [5.41, 5.74) is 5.43. The molecule has 0 spiro atoms. The van der Waals surface area contributed by atoms with Crippen LogP contribution >= 0.6 is 0 Å². The summed E-state index contributed by atoms with van der Waals surface area (Å²) in [6, 6.07) is 23.9. The number of carbonyl (C=O) groups excluding carboxylic acids is 1. The fraction of sp³-hybridized carbons (Fsp3) is 0.208. The van der Waals surface area contributed by atoms with Gasteiger partial charge in [0.1, 0.15) is 12.4 Å². The van der Waals surface area contributed by atoms with Crippen LogP contribution in [0.2, 0.25) is 0 Å². The van der Waals surface area contributed by atoms with Crippen LogP contribution in [-0.2, 0) is 24.3 Å². The van der Waals surface area contributed by atoms with Gasteiger partial charge in [-0.25, -0.2) is 4.79 Å². The van der Waals surface area contributed by atoms with Gasteiger partial charge in [-0.2, -0.15) is 0 Å². The molecule has 5 nitrogen and oxygen atoms in total. The molecule has 0 radical (unpaired) electrons. The second kappa shape index (κ2) is 8.69. The van der Waals surface area contributed by atoms with Crippen molar-refractivity contribution in [1.29, 1.82) is 0 Å². The van der Waals surface area contributed by atoms with E-state index < -0.39 is 6.09 Å². The number of anilines is 2. The Morgan fingerprint density at radius 2 is 1.79 bits per heavy atom. The molecular weight excluding hydrogens is 364 g/mol. The molecule has 0 unspecified atom stereocenters. The molecule has 1 aliphatic rings. The summed E-state index contributed by atoms with van der Waals surface area (Å²) in [6.07, 6.45) is 0.512. The van der Waals surface area contributed by atoms with Crippen molar-refractivity contribution >= 4 is 17.5 Å². The number of hydrogen-bond donors (Lipinski definition) is 1. The molecule has 5 heteroatoms. The van der Waals surface area contributed by atoms with E-state index >= 15 is 0 Å². The van der Waals surface area contributed by atoms with Crippen molar-refractivity contribution in [1.82, 2.24) is 0 Å². The summed E-state index contributed by atoms with van der Waals surface area (Å²) in [5.74, 6) is 0.776. The van der Waals surface area contributed by atoms with Crippen molar-refractivity contribution in [2.45, 2.75) is 19.6 Å². The number of benzene rings is 3. The molecule has 0 bridgehead atoms. The van der Waals surface area contributed by atoms with E-state index in [2.05, 4.69) is 40.5 Å². The Labute approximate surface area is 170 Å². The number of nitrogens with one attached hydrogen (secondary N) is 1. The summed E-state index contributed by atoms with van der Waals surface area (Å²) in [7, 11) is 1.62. The number of carbonyl (C=O) groups is 1. The Balaban J connectivity index is 1.33. The van der Waals surface area contributed by atoms with Gasteiger partial charge in [-0.05, 0) is 53.4 Å². The van der Waals surface area contributed by atoms with Gasteiger partial charge in [0.2, 0.25) is 0 Å². The quantitative estimate of drug-likeness (QED) is 0.645. The third-order valence-corrected chi connectivity index (χ3v) is 5.06. The molecule has 3 aromatic rings. The first kappa shape index (κ1) is 18.9. The molecule has 1 aliphatic heterocycles. The SMILES string of the molecule is COc1ccc(COC(=O)Nc2ccc3c(c2)CCN3Cc2ccccc2)cc1. The molecular formula is C24H24N2O3. The van der Waals surface area contributed by atoms with Gasteiger partial charge >= 0.3 is 6.09 Å². The lowest BCUT2D eigenvalue weighted by molar-refractivity contribution is 0.155. The minimum absolute atomic E-state index is 0.214. The topological polar surface area (TPSA) is 50.8 Å². The van der Waals surface area contributed by atoms with Crippen LogP contribution in [0.15, 0.2) is 72.8 Å². The Hall–Kier alpha value is -3.47. The number of ether oxygens (including phenoxy) is 2. The van der Waals surface area contributed by atoms with E-state index in [-0.39, 0.29) is 6.61 Å². The van der Waals surface area contributed by atoms with Crippen molar-refractivity contribution < 1.29 is 14.3 Å². The zero-order chi connectivity index (χ0) is 20.1. The molecule has 0 aliphatic carbocycles. The number of rotatable bonds is 6. The molecule has 0 aromatic heterocycles. The standard InChI is InChI=1S/C24H24N2O3/c1-28-22-10-7-19(8-11-22)17-29-24(27)25-21-9-12-23-20(15-21)13-14-26(23)16-18-5-3-2-4-6-18/h2-12,15H,13-14,16-17H2,1H3,(H,25,27). The molecule has 0 fully saturated rings. The van der Waals surface area contributed by atoms with Gasteiger partial charge in [0.15, 0.2) is 0 Å². The monoisotopic (exact) mass is 388 g/mol. The lowest BCUT2D eigenvalue weighted by Crippen LogP contribution is -2.19. The van der Waals surface area contributed by atoms with Crippen molar-refractivity contribution in [2.75, 3.05) is 23.9 Å². The number of methoxy groups -OCH3 is 1. The molecule has 1 heterocycles. The van der Waals surface area contributed by atoms with Gasteiger partial charge in [0, 0.05) is 24.5 Å². The summed E-state index contributed by atoms with van der Waals surface area (Å²) in [6.45, 7) is 2.09. The van der Waals surface area contributed by atoms with Gasteiger partial charge in [-0.15, -0.1) is 0 Å². The van der Waals surface area contributed by atoms with Crippen molar-refractivity contribution in [3.8, 4) is 5.75 Å². The third kappa shape index (κ3) is 4.69. The molecule has 1 amide bonds. The molecule has 1 N–H and O–H groups in total. The minimum Gasteiger partial charge on any atom is -0.497 e. The van der Waals surface area contributed by atoms with Gasteiger partial charge < -0.3 is 14.4 Å². The Morgan fingerprint density at radius 1 is 1.00 bits per heavy atom. The summed E-state index contributed by atoms with van der Waals surface area (Å²) < 4.78 is 10.5. The lowest BCUT2D eigenvalue weighted by Gasteiger charge is -2.19. The average Bonchev–Trinajstić information content (AvgIpc) is 3.15. The highest BCUT2D eigenvalue weighted by Crippen LogP contribution is 2.31. The van der Waals surface area contributed by atoms with Crippen LogP contribution in [0.25, 0.3) is 0 Å². The summed E-state index contributed by atoms with van der Waals surface area (Å²) in [4.78, 5) is 14.5. The van der Waals surface area contributed by atoms with Gasteiger partial charge in [-0.1, -0.05) is 42.5 Å².